The lowest BCUT2D eigenvalue weighted by Gasteiger charge is -1.99. The van der Waals surface area contributed by atoms with Crippen molar-refractivity contribution in [2.24, 2.45) is 0 Å². The lowest BCUT2D eigenvalue weighted by atomic mass is 10.5. The first-order valence-electron chi connectivity index (χ1n) is 3.71. The first-order valence-corrected chi connectivity index (χ1v) is 5.20. The van der Waals surface area contributed by atoms with Crippen molar-refractivity contribution in [3.8, 4) is 0 Å². The minimum absolute atomic E-state index is 0.255. The van der Waals surface area contributed by atoms with Crippen molar-refractivity contribution in [1.29, 1.82) is 0 Å². The summed E-state index contributed by atoms with van der Waals surface area (Å²) in [5, 5.41) is 0. The van der Waals surface area contributed by atoms with Gasteiger partial charge in [0.25, 0.3) is 0 Å². The molecule has 1 unspecified atom stereocenters. The van der Waals surface area contributed by atoms with E-state index in [1.807, 2.05) is 6.92 Å². The maximum absolute atomic E-state index is 10.8. The first-order chi connectivity index (χ1) is 5.20. The van der Waals surface area contributed by atoms with Crippen molar-refractivity contribution in [1.82, 2.24) is 0 Å². The number of rotatable bonds is 5. The Bertz CT molecular complexity index is 145. The van der Waals surface area contributed by atoms with Crippen LogP contribution in [0.3, 0.4) is 0 Å². The summed E-state index contributed by atoms with van der Waals surface area (Å²) in [6, 6.07) is 0. The van der Waals surface area contributed by atoms with Crippen molar-refractivity contribution >= 4 is 16.8 Å². The van der Waals surface area contributed by atoms with Crippen LogP contribution in [0.5, 0.6) is 0 Å². The highest BCUT2D eigenvalue weighted by atomic mass is 32.2. The van der Waals surface area contributed by atoms with Gasteiger partial charge in [-0.05, 0) is 6.92 Å². The summed E-state index contributed by atoms with van der Waals surface area (Å²) in [7, 11) is -0.852. The second-order valence-electron chi connectivity index (χ2n) is 1.99. The molecule has 0 N–H and O–H groups in total. The molecule has 0 heterocycles. The first kappa shape index (κ1) is 10.6. The predicted molar refractivity (Wildman–Crippen MR) is 44.8 cm³/mol. The van der Waals surface area contributed by atoms with E-state index in [1.54, 1.807) is 6.92 Å². The summed E-state index contributed by atoms with van der Waals surface area (Å²) in [5.74, 6) is 0.781. The predicted octanol–water partition coefficient (Wildman–Crippen LogP) is 0.708. The standard InChI is InChI=1S/C7H14O3S/c1-3-10-7(8)5-6-11(9)4-2/h3-6H2,1-2H3. The molecule has 0 aromatic rings. The van der Waals surface area contributed by atoms with Gasteiger partial charge in [0.2, 0.25) is 0 Å². The topological polar surface area (TPSA) is 43.4 Å². The largest absolute Gasteiger partial charge is 0.466 e. The van der Waals surface area contributed by atoms with E-state index in [9.17, 15) is 9.00 Å². The molecule has 0 saturated carbocycles. The maximum atomic E-state index is 10.8. The van der Waals surface area contributed by atoms with Crippen molar-refractivity contribution in [2.75, 3.05) is 18.1 Å². The zero-order valence-corrected chi connectivity index (χ0v) is 7.78. The number of carbonyl (C=O) groups excluding carboxylic acids is 1. The van der Waals surface area contributed by atoms with Gasteiger partial charge in [0, 0.05) is 22.3 Å². The van der Waals surface area contributed by atoms with Crippen molar-refractivity contribution in [3.63, 3.8) is 0 Å². The average molecular weight is 178 g/mol. The maximum Gasteiger partial charge on any atom is 0.306 e. The molecule has 0 rings (SSSR count). The average Bonchev–Trinajstić information content (AvgIpc) is 2.01. The molecule has 0 aromatic heterocycles. The number of hydrogen-bond donors (Lipinski definition) is 0. The number of hydrogen-bond acceptors (Lipinski definition) is 3. The van der Waals surface area contributed by atoms with E-state index in [0.29, 0.717) is 18.1 Å². The summed E-state index contributed by atoms with van der Waals surface area (Å²) in [6.45, 7) is 3.99. The van der Waals surface area contributed by atoms with E-state index in [1.165, 1.54) is 0 Å². The second-order valence-corrected chi connectivity index (χ2v) is 3.85. The monoisotopic (exact) mass is 178 g/mol. The smallest absolute Gasteiger partial charge is 0.306 e. The van der Waals surface area contributed by atoms with Crippen LogP contribution in [0.4, 0.5) is 0 Å². The Balaban J connectivity index is 3.38. The fourth-order valence-corrected chi connectivity index (χ4v) is 1.26. The number of esters is 1. The third-order valence-corrected chi connectivity index (χ3v) is 2.46. The van der Waals surface area contributed by atoms with Crippen LogP contribution >= 0.6 is 0 Å². The van der Waals surface area contributed by atoms with Crippen LogP contribution in [0.1, 0.15) is 20.3 Å². The molecule has 0 bridgehead atoms. The molecule has 0 fully saturated rings. The Hall–Kier alpha value is -0.380. The van der Waals surface area contributed by atoms with Gasteiger partial charge in [-0.15, -0.1) is 0 Å². The Labute approximate surface area is 69.6 Å². The molecule has 66 valence electrons. The lowest BCUT2D eigenvalue weighted by Crippen LogP contribution is -2.09. The van der Waals surface area contributed by atoms with Crippen molar-refractivity contribution in [2.45, 2.75) is 20.3 Å². The van der Waals surface area contributed by atoms with Crippen LogP contribution in [0.2, 0.25) is 0 Å². The zero-order chi connectivity index (χ0) is 8.69. The van der Waals surface area contributed by atoms with Crippen molar-refractivity contribution < 1.29 is 13.7 Å². The number of carbonyl (C=O) groups is 1. The molecule has 11 heavy (non-hydrogen) atoms. The molecule has 0 aromatic carbocycles. The van der Waals surface area contributed by atoms with Crippen LogP contribution < -0.4 is 0 Å². The van der Waals surface area contributed by atoms with E-state index >= 15 is 0 Å². The molecule has 0 radical (unpaired) electrons. The van der Waals surface area contributed by atoms with Gasteiger partial charge in [0.05, 0.1) is 13.0 Å². The summed E-state index contributed by atoms with van der Waals surface area (Å²) >= 11 is 0. The minimum atomic E-state index is -0.852. The summed E-state index contributed by atoms with van der Waals surface area (Å²) in [6.07, 6.45) is 0.272. The van der Waals surface area contributed by atoms with Gasteiger partial charge in [-0.1, -0.05) is 6.92 Å². The van der Waals surface area contributed by atoms with Crippen LogP contribution in [0.15, 0.2) is 0 Å². The number of ether oxygens (including phenoxy) is 1. The van der Waals surface area contributed by atoms with Gasteiger partial charge in [-0.25, -0.2) is 0 Å². The lowest BCUT2D eigenvalue weighted by molar-refractivity contribution is -0.142. The molecule has 1 atom stereocenters. The summed E-state index contributed by atoms with van der Waals surface area (Å²) < 4.78 is 15.5. The van der Waals surface area contributed by atoms with Gasteiger partial charge in [0.15, 0.2) is 0 Å². The molecule has 0 spiro atoms. The van der Waals surface area contributed by atoms with E-state index in [2.05, 4.69) is 4.74 Å². The molecule has 4 heteroatoms. The molecule has 0 aliphatic heterocycles. The van der Waals surface area contributed by atoms with Gasteiger partial charge >= 0.3 is 5.97 Å². The Morgan fingerprint density at radius 2 is 2.09 bits per heavy atom. The van der Waals surface area contributed by atoms with Crippen LogP contribution in [0.25, 0.3) is 0 Å². The Morgan fingerprint density at radius 3 is 2.55 bits per heavy atom. The van der Waals surface area contributed by atoms with Crippen LogP contribution in [-0.2, 0) is 20.3 Å². The minimum Gasteiger partial charge on any atom is -0.466 e. The van der Waals surface area contributed by atoms with Crippen LogP contribution in [0, 0.1) is 0 Å². The third-order valence-electron chi connectivity index (χ3n) is 1.16. The fraction of sp³-hybridized carbons (Fsp3) is 0.857. The van der Waals surface area contributed by atoms with Gasteiger partial charge in [0.1, 0.15) is 0 Å². The van der Waals surface area contributed by atoms with Gasteiger partial charge in [-0.2, -0.15) is 0 Å². The van der Waals surface area contributed by atoms with Crippen LogP contribution in [-0.4, -0.2) is 28.3 Å². The normalized spacial score (nSPS) is 12.5. The van der Waals surface area contributed by atoms with Gasteiger partial charge < -0.3 is 4.74 Å². The highest BCUT2D eigenvalue weighted by molar-refractivity contribution is 7.84. The molecule has 0 aliphatic rings. The summed E-state index contributed by atoms with van der Waals surface area (Å²) in [4.78, 5) is 10.7. The fourth-order valence-electron chi connectivity index (χ4n) is 0.575. The Morgan fingerprint density at radius 1 is 1.45 bits per heavy atom. The second kappa shape index (κ2) is 6.34. The molecule has 0 amide bonds. The SMILES string of the molecule is CCOC(=O)CCS(=O)CC. The third kappa shape index (κ3) is 6.04. The molecule has 0 aliphatic carbocycles. The Kier molecular flexibility index (Phi) is 6.12. The zero-order valence-electron chi connectivity index (χ0n) is 6.96. The van der Waals surface area contributed by atoms with Gasteiger partial charge in [-0.3, -0.25) is 9.00 Å². The molecular formula is C7H14O3S. The highest BCUT2D eigenvalue weighted by Gasteiger charge is 2.03. The van der Waals surface area contributed by atoms with E-state index in [-0.39, 0.29) is 12.4 Å². The summed E-state index contributed by atoms with van der Waals surface area (Å²) in [5.41, 5.74) is 0. The van der Waals surface area contributed by atoms with E-state index < -0.39 is 10.8 Å². The molecular weight excluding hydrogens is 164 g/mol. The molecule has 0 saturated heterocycles. The highest BCUT2D eigenvalue weighted by Crippen LogP contribution is 1.90. The quantitative estimate of drug-likeness (QED) is 0.582. The van der Waals surface area contributed by atoms with E-state index in [4.69, 9.17) is 0 Å². The van der Waals surface area contributed by atoms with Crippen molar-refractivity contribution in [3.05, 3.63) is 0 Å². The van der Waals surface area contributed by atoms with E-state index in [0.717, 1.165) is 0 Å². The molecule has 3 nitrogen and oxygen atoms in total.